The second kappa shape index (κ2) is 7.28. The largest absolute Gasteiger partial charge is 0.349 e. The van der Waals surface area contributed by atoms with Gasteiger partial charge in [-0.05, 0) is 56.3 Å². The first kappa shape index (κ1) is 16.2. The minimum absolute atomic E-state index is 0.0994. The molecule has 1 saturated heterocycles. The van der Waals surface area contributed by atoms with Gasteiger partial charge in [0.15, 0.2) is 0 Å². The summed E-state index contributed by atoms with van der Waals surface area (Å²) in [6.45, 7) is 4.10. The third-order valence-electron chi connectivity index (χ3n) is 5.55. The number of hydrogen-bond acceptors (Lipinski definition) is 3. The van der Waals surface area contributed by atoms with Crippen LogP contribution in [-0.2, 0) is 0 Å². The summed E-state index contributed by atoms with van der Waals surface area (Å²) < 4.78 is 3.55. The van der Waals surface area contributed by atoms with E-state index in [9.17, 15) is 4.79 Å². The Labute approximate surface area is 147 Å². The average Bonchev–Trinajstić information content (AvgIpc) is 3.32. The summed E-state index contributed by atoms with van der Waals surface area (Å²) in [7, 11) is 0. The van der Waals surface area contributed by atoms with E-state index in [4.69, 9.17) is 0 Å². The number of aromatic nitrogens is 1. The van der Waals surface area contributed by atoms with Gasteiger partial charge in [-0.2, -0.15) is 0 Å². The summed E-state index contributed by atoms with van der Waals surface area (Å²) in [5.41, 5.74) is 2.11. The van der Waals surface area contributed by atoms with E-state index in [0.717, 1.165) is 18.8 Å². The van der Waals surface area contributed by atoms with Crippen LogP contribution < -0.4 is 5.32 Å². The maximum Gasteiger partial charge on any atom is 0.268 e. The van der Waals surface area contributed by atoms with Crippen molar-refractivity contribution in [3.8, 4) is 0 Å². The molecule has 5 heteroatoms. The van der Waals surface area contributed by atoms with Crippen molar-refractivity contribution in [3.05, 3.63) is 23.2 Å². The predicted molar refractivity (Wildman–Crippen MR) is 99.9 cm³/mol. The zero-order valence-electron chi connectivity index (χ0n) is 14.3. The van der Waals surface area contributed by atoms with Crippen LogP contribution in [0.3, 0.4) is 0 Å². The van der Waals surface area contributed by atoms with E-state index in [1.165, 1.54) is 68.3 Å². The molecular weight excluding hydrogens is 318 g/mol. The summed E-state index contributed by atoms with van der Waals surface area (Å²) in [5, 5.41) is 5.30. The molecule has 1 saturated carbocycles. The topological polar surface area (TPSA) is 37.3 Å². The lowest BCUT2D eigenvalue weighted by Gasteiger charge is -2.26. The van der Waals surface area contributed by atoms with Gasteiger partial charge in [0, 0.05) is 19.1 Å². The van der Waals surface area contributed by atoms with Gasteiger partial charge >= 0.3 is 0 Å². The van der Waals surface area contributed by atoms with Crippen LogP contribution in [0.15, 0.2) is 17.5 Å². The zero-order chi connectivity index (χ0) is 16.4. The Bertz CT molecular complexity index is 693. The average molecular weight is 346 g/mol. The molecule has 0 spiro atoms. The van der Waals surface area contributed by atoms with Crippen molar-refractivity contribution in [2.45, 2.75) is 51.0 Å². The van der Waals surface area contributed by atoms with Crippen molar-refractivity contribution in [1.82, 2.24) is 14.8 Å². The Morgan fingerprint density at radius 1 is 1.17 bits per heavy atom. The van der Waals surface area contributed by atoms with E-state index >= 15 is 0 Å². The van der Waals surface area contributed by atoms with Crippen LogP contribution in [0.1, 0.15) is 61.5 Å². The maximum absolute atomic E-state index is 12.8. The lowest BCUT2D eigenvalue weighted by molar-refractivity contribution is 0.0935. The van der Waals surface area contributed by atoms with Gasteiger partial charge in [-0.3, -0.25) is 4.79 Å². The molecule has 1 aliphatic heterocycles. The van der Waals surface area contributed by atoms with Crippen LogP contribution in [0.25, 0.3) is 10.2 Å². The molecule has 0 unspecified atom stereocenters. The lowest BCUT2D eigenvalue weighted by Crippen LogP contribution is -2.38. The highest BCUT2D eigenvalue weighted by atomic mass is 32.1. The SMILES string of the molecule is O=C(NCCN1CCCCC1)c1cc2sccc2n1C1CCCC1. The molecule has 4 nitrogen and oxygen atoms in total. The number of nitrogens with zero attached hydrogens (tertiary/aromatic N) is 2. The molecule has 0 aromatic carbocycles. The first-order valence-corrected chi connectivity index (χ1v) is 10.3. The third kappa shape index (κ3) is 3.24. The van der Waals surface area contributed by atoms with Crippen molar-refractivity contribution in [1.29, 1.82) is 0 Å². The number of rotatable bonds is 5. The van der Waals surface area contributed by atoms with Gasteiger partial charge in [-0.25, -0.2) is 0 Å². The predicted octanol–water partition coefficient (Wildman–Crippen LogP) is 4.03. The van der Waals surface area contributed by atoms with Gasteiger partial charge in [-0.1, -0.05) is 19.3 Å². The van der Waals surface area contributed by atoms with Crippen molar-refractivity contribution in [3.63, 3.8) is 0 Å². The highest BCUT2D eigenvalue weighted by molar-refractivity contribution is 7.17. The molecule has 3 heterocycles. The molecular formula is C19H27N3OS. The van der Waals surface area contributed by atoms with Gasteiger partial charge in [0.2, 0.25) is 0 Å². The standard InChI is InChI=1S/C19H27N3OS/c23-19(20-9-12-21-10-4-1-5-11-21)17-14-18-16(8-13-24-18)22(17)15-6-2-3-7-15/h8,13-15H,1-7,9-12H2,(H,20,23). The molecule has 130 valence electrons. The van der Waals surface area contributed by atoms with E-state index < -0.39 is 0 Å². The molecule has 1 N–H and O–H groups in total. The highest BCUT2D eigenvalue weighted by Crippen LogP contribution is 2.36. The Kier molecular flexibility index (Phi) is 4.90. The van der Waals surface area contributed by atoms with Crippen molar-refractivity contribution < 1.29 is 4.79 Å². The zero-order valence-corrected chi connectivity index (χ0v) is 15.1. The number of likely N-dealkylation sites (tertiary alicyclic amines) is 1. The van der Waals surface area contributed by atoms with Crippen LogP contribution in [0.4, 0.5) is 0 Å². The van der Waals surface area contributed by atoms with Crippen molar-refractivity contribution in [2.24, 2.45) is 0 Å². The van der Waals surface area contributed by atoms with Gasteiger partial charge < -0.3 is 14.8 Å². The third-order valence-corrected chi connectivity index (χ3v) is 6.40. The van der Waals surface area contributed by atoms with Crippen LogP contribution >= 0.6 is 11.3 Å². The molecule has 4 rings (SSSR count). The molecule has 2 aromatic rings. The van der Waals surface area contributed by atoms with Crippen LogP contribution in [0.2, 0.25) is 0 Å². The fourth-order valence-corrected chi connectivity index (χ4v) is 5.09. The second-order valence-corrected chi connectivity index (χ2v) is 8.11. The van der Waals surface area contributed by atoms with E-state index in [0.29, 0.717) is 6.04 Å². The van der Waals surface area contributed by atoms with Crippen LogP contribution in [0.5, 0.6) is 0 Å². The number of amides is 1. The van der Waals surface area contributed by atoms with Gasteiger partial charge in [0.25, 0.3) is 5.91 Å². The Balaban J connectivity index is 1.45. The smallest absolute Gasteiger partial charge is 0.268 e. The van der Waals surface area contributed by atoms with Gasteiger partial charge in [0.1, 0.15) is 5.69 Å². The first-order valence-electron chi connectivity index (χ1n) is 9.42. The summed E-state index contributed by atoms with van der Waals surface area (Å²) in [6.07, 6.45) is 8.92. The van der Waals surface area contributed by atoms with Crippen molar-refractivity contribution >= 4 is 27.5 Å². The molecule has 0 radical (unpaired) electrons. The summed E-state index contributed by atoms with van der Waals surface area (Å²) in [5.74, 6) is 0.0994. The van der Waals surface area contributed by atoms with E-state index in [1.807, 2.05) is 0 Å². The number of nitrogens with one attached hydrogen (secondary N) is 1. The molecule has 2 aliphatic rings. The number of carbonyl (C=O) groups is 1. The Morgan fingerprint density at radius 3 is 2.75 bits per heavy atom. The van der Waals surface area contributed by atoms with E-state index in [2.05, 4.69) is 32.3 Å². The Morgan fingerprint density at radius 2 is 1.96 bits per heavy atom. The number of thiophene rings is 1. The molecule has 0 bridgehead atoms. The molecule has 24 heavy (non-hydrogen) atoms. The molecule has 0 atom stereocenters. The number of carbonyl (C=O) groups excluding carboxylic acids is 1. The normalized spacial score (nSPS) is 20.0. The van der Waals surface area contributed by atoms with Gasteiger partial charge in [0.05, 0.1) is 10.2 Å². The number of hydrogen-bond donors (Lipinski definition) is 1. The Hall–Kier alpha value is -1.33. The van der Waals surface area contributed by atoms with Gasteiger partial charge in [-0.15, -0.1) is 11.3 Å². The van der Waals surface area contributed by atoms with E-state index in [1.54, 1.807) is 11.3 Å². The molecule has 2 fully saturated rings. The number of fused-ring (bicyclic) bond motifs is 1. The number of piperidine rings is 1. The second-order valence-electron chi connectivity index (χ2n) is 7.17. The lowest BCUT2D eigenvalue weighted by atomic mass is 10.1. The van der Waals surface area contributed by atoms with Crippen LogP contribution in [0, 0.1) is 0 Å². The fraction of sp³-hybridized carbons (Fsp3) is 0.632. The minimum Gasteiger partial charge on any atom is -0.349 e. The molecule has 2 aromatic heterocycles. The maximum atomic E-state index is 12.8. The monoisotopic (exact) mass is 345 g/mol. The van der Waals surface area contributed by atoms with Crippen molar-refractivity contribution in [2.75, 3.05) is 26.2 Å². The highest BCUT2D eigenvalue weighted by Gasteiger charge is 2.25. The fourth-order valence-electron chi connectivity index (χ4n) is 4.28. The summed E-state index contributed by atoms with van der Waals surface area (Å²) >= 11 is 1.74. The minimum atomic E-state index is 0.0994. The van der Waals surface area contributed by atoms with E-state index in [-0.39, 0.29) is 5.91 Å². The first-order chi connectivity index (χ1) is 11.8. The summed E-state index contributed by atoms with van der Waals surface area (Å²) in [6, 6.07) is 4.76. The summed E-state index contributed by atoms with van der Waals surface area (Å²) in [4.78, 5) is 15.3. The molecule has 1 amide bonds. The van der Waals surface area contributed by atoms with Crippen LogP contribution in [-0.4, -0.2) is 41.6 Å². The quantitative estimate of drug-likeness (QED) is 0.888. The molecule has 1 aliphatic carbocycles.